The lowest BCUT2D eigenvalue weighted by Gasteiger charge is -2.35. The summed E-state index contributed by atoms with van der Waals surface area (Å²) in [6, 6.07) is 10.7. The Morgan fingerprint density at radius 3 is 2.24 bits per heavy atom. The summed E-state index contributed by atoms with van der Waals surface area (Å²) >= 11 is 0. The van der Waals surface area contributed by atoms with Crippen molar-refractivity contribution in [3.8, 4) is 0 Å². The van der Waals surface area contributed by atoms with Crippen LogP contribution < -0.4 is 16.0 Å². The first kappa shape index (κ1) is 25.4. The van der Waals surface area contributed by atoms with Crippen molar-refractivity contribution in [2.75, 3.05) is 25.1 Å². The highest BCUT2D eigenvalue weighted by molar-refractivity contribution is 7.90. The van der Waals surface area contributed by atoms with Gasteiger partial charge >= 0.3 is 0 Å². The molecule has 6 nitrogen and oxygen atoms in total. The van der Waals surface area contributed by atoms with Crippen molar-refractivity contribution < 1.29 is 8.42 Å². The van der Waals surface area contributed by atoms with E-state index in [0.29, 0.717) is 13.0 Å². The van der Waals surface area contributed by atoms with Crippen molar-refractivity contribution in [3.05, 3.63) is 35.9 Å². The molecule has 29 heavy (non-hydrogen) atoms. The zero-order valence-corrected chi connectivity index (χ0v) is 19.8. The molecule has 0 saturated heterocycles. The molecule has 1 aromatic carbocycles. The Labute approximate surface area is 177 Å². The Bertz CT molecular complexity index is 716. The summed E-state index contributed by atoms with van der Waals surface area (Å²) in [4.78, 5) is 4.84. The van der Waals surface area contributed by atoms with E-state index in [4.69, 9.17) is 4.99 Å². The predicted molar refractivity (Wildman–Crippen MR) is 124 cm³/mol. The third kappa shape index (κ3) is 9.63. The highest BCUT2D eigenvalue weighted by atomic mass is 32.2. The van der Waals surface area contributed by atoms with E-state index in [9.17, 15) is 8.42 Å². The second-order valence-electron chi connectivity index (χ2n) is 7.92. The molecule has 2 unspecified atom stereocenters. The maximum absolute atomic E-state index is 11.4. The quantitative estimate of drug-likeness (QED) is 0.354. The maximum Gasteiger partial charge on any atom is 0.191 e. The average Bonchev–Trinajstić information content (AvgIpc) is 2.69. The molecule has 0 radical (unpaired) electrons. The fraction of sp³-hybridized carbons (Fsp3) is 0.682. The van der Waals surface area contributed by atoms with Crippen molar-refractivity contribution in [3.63, 3.8) is 0 Å². The molecule has 0 saturated carbocycles. The van der Waals surface area contributed by atoms with Crippen molar-refractivity contribution in [2.45, 2.75) is 71.5 Å². The van der Waals surface area contributed by atoms with Crippen LogP contribution in [-0.4, -0.2) is 51.1 Å². The van der Waals surface area contributed by atoms with Crippen LogP contribution in [0.1, 0.15) is 65.5 Å². The van der Waals surface area contributed by atoms with Crippen LogP contribution in [0.5, 0.6) is 0 Å². The van der Waals surface area contributed by atoms with Crippen LogP contribution in [0.25, 0.3) is 0 Å². The van der Waals surface area contributed by atoms with Crippen LogP contribution in [0.15, 0.2) is 35.3 Å². The highest BCUT2D eigenvalue weighted by Gasteiger charge is 2.28. The largest absolute Gasteiger partial charge is 0.357 e. The van der Waals surface area contributed by atoms with Crippen LogP contribution in [0.2, 0.25) is 0 Å². The molecule has 1 rings (SSSR count). The number of hydrogen-bond acceptors (Lipinski definition) is 4. The van der Waals surface area contributed by atoms with Gasteiger partial charge in [0.15, 0.2) is 5.96 Å². The fourth-order valence-corrected chi connectivity index (χ4v) is 4.04. The number of rotatable bonds is 12. The van der Waals surface area contributed by atoms with Gasteiger partial charge in [0.05, 0.1) is 12.3 Å². The van der Waals surface area contributed by atoms with E-state index in [0.717, 1.165) is 25.3 Å². The SMILES string of the molecule is CCNC(=NCC(CC)(CC)NC(C)c1ccccc1)NC(C)CCS(C)(=O)=O. The topological polar surface area (TPSA) is 82.6 Å². The number of hydrogen-bond donors (Lipinski definition) is 3. The van der Waals surface area contributed by atoms with Crippen LogP contribution in [0.4, 0.5) is 0 Å². The first-order valence-corrected chi connectivity index (χ1v) is 12.8. The van der Waals surface area contributed by atoms with Gasteiger partial charge in [0.2, 0.25) is 0 Å². The Balaban J connectivity index is 2.84. The number of nitrogens with one attached hydrogen (secondary N) is 3. The highest BCUT2D eigenvalue weighted by Crippen LogP contribution is 2.22. The second kappa shape index (κ2) is 12.2. The van der Waals surface area contributed by atoms with Crippen LogP contribution in [-0.2, 0) is 9.84 Å². The zero-order chi connectivity index (χ0) is 21.9. The number of nitrogens with zero attached hydrogens (tertiary/aromatic N) is 1. The summed E-state index contributed by atoms with van der Waals surface area (Å²) in [7, 11) is -2.96. The standard InChI is InChI=1S/C22H40N4O2S/c1-7-22(8-2,26-19(5)20-13-11-10-12-14-20)17-24-21(23-9-3)25-18(4)15-16-29(6,27)28/h10-14,18-19,26H,7-9,15-17H2,1-6H3,(H2,23,24,25). The minimum absolute atomic E-state index is 0.0244. The van der Waals surface area contributed by atoms with Crippen molar-refractivity contribution in [1.82, 2.24) is 16.0 Å². The summed E-state index contributed by atoms with van der Waals surface area (Å²) in [5.41, 5.74) is 1.16. The molecule has 0 aliphatic heterocycles. The van der Waals surface area contributed by atoms with Crippen LogP contribution in [0, 0.1) is 0 Å². The van der Waals surface area contributed by atoms with Crippen molar-refractivity contribution in [2.24, 2.45) is 4.99 Å². The lowest BCUT2D eigenvalue weighted by molar-refractivity contribution is 0.280. The Hall–Kier alpha value is -1.60. The van der Waals surface area contributed by atoms with E-state index >= 15 is 0 Å². The van der Waals surface area contributed by atoms with E-state index < -0.39 is 9.84 Å². The third-order valence-electron chi connectivity index (χ3n) is 5.36. The lowest BCUT2D eigenvalue weighted by atomic mass is 9.91. The third-order valence-corrected chi connectivity index (χ3v) is 6.34. The first-order valence-electron chi connectivity index (χ1n) is 10.7. The van der Waals surface area contributed by atoms with Gasteiger partial charge in [0, 0.05) is 30.4 Å². The Kier molecular flexibility index (Phi) is 10.7. The number of benzene rings is 1. The second-order valence-corrected chi connectivity index (χ2v) is 10.2. The maximum atomic E-state index is 11.4. The molecule has 0 heterocycles. The molecule has 0 aliphatic carbocycles. The molecular weight excluding hydrogens is 384 g/mol. The van der Waals surface area contributed by atoms with Gasteiger partial charge in [-0.1, -0.05) is 44.2 Å². The molecule has 2 atom stereocenters. The minimum atomic E-state index is -2.96. The average molecular weight is 425 g/mol. The molecule has 166 valence electrons. The van der Waals surface area contributed by atoms with Crippen LogP contribution >= 0.6 is 0 Å². The van der Waals surface area contributed by atoms with Gasteiger partial charge in [0.25, 0.3) is 0 Å². The first-order chi connectivity index (χ1) is 13.6. The van der Waals surface area contributed by atoms with Gasteiger partial charge in [-0.2, -0.15) is 0 Å². The summed E-state index contributed by atoms with van der Waals surface area (Å²) in [6.45, 7) is 12.0. The normalized spacial score (nSPS) is 15.0. The van der Waals surface area contributed by atoms with E-state index in [2.05, 4.69) is 61.0 Å². The molecule has 1 aromatic rings. The fourth-order valence-electron chi connectivity index (χ4n) is 3.25. The molecule has 0 bridgehead atoms. The molecule has 0 aromatic heterocycles. The lowest BCUT2D eigenvalue weighted by Crippen LogP contribution is -2.50. The zero-order valence-electron chi connectivity index (χ0n) is 19.0. The monoisotopic (exact) mass is 424 g/mol. The number of aliphatic imine (C=N–C) groups is 1. The van der Waals surface area contributed by atoms with Gasteiger partial charge < -0.3 is 16.0 Å². The number of sulfone groups is 1. The van der Waals surface area contributed by atoms with Gasteiger partial charge in [-0.05, 0) is 45.6 Å². The van der Waals surface area contributed by atoms with Gasteiger partial charge in [0.1, 0.15) is 9.84 Å². The summed E-state index contributed by atoms with van der Waals surface area (Å²) in [6.07, 6.45) is 3.76. The summed E-state index contributed by atoms with van der Waals surface area (Å²) in [5.74, 6) is 0.902. The van der Waals surface area contributed by atoms with Crippen LogP contribution in [0.3, 0.4) is 0 Å². The molecule has 0 aliphatic rings. The summed E-state index contributed by atoms with van der Waals surface area (Å²) in [5, 5.41) is 10.4. The molecule has 0 amide bonds. The van der Waals surface area contributed by atoms with Gasteiger partial charge in [-0.25, -0.2) is 8.42 Å². The van der Waals surface area contributed by atoms with Gasteiger partial charge in [-0.3, -0.25) is 4.99 Å². The molecule has 7 heteroatoms. The molecule has 0 fully saturated rings. The Morgan fingerprint density at radius 2 is 1.72 bits per heavy atom. The van der Waals surface area contributed by atoms with Crippen molar-refractivity contribution in [1.29, 1.82) is 0 Å². The van der Waals surface area contributed by atoms with E-state index in [1.54, 1.807) is 0 Å². The van der Waals surface area contributed by atoms with Crippen molar-refractivity contribution >= 4 is 15.8 Å². The molecular formula is C22H40N4O2S. The van der Waals surface area contributed by atoms with E-state index in [1.165, 1.54) is 11.8 Å². The van der Waals surface area contributed by atoms with E-state index in [-0.39, 0.29) is 23.4 Å². The number of guanidine groups is 1. The minimum Gasteiger partial charge on any atom is -0.357 e. The Morgan fingerprint density at radius 1 is 1.10 bits per heavy atom. The molecule has 3 N–H and O–H groups in total. The van der Waals surface area contributed by atoms with E-state index in [1.807, 2.05) is 19.9 Å². The van der Waals surface area contributed by atoms with Gasteiger partial charge in [-0.15, -0.1) is 0 Å². The molecule has 0 spiro atoms. The predicted octanol–water partition coefficient (Wildman–Crippen LogP) is 3.27. The summed E-state index contributed by atoms with van der Waals surface area (Å²) < 4.78 is 22.8. The smallest absolute Gasteiger partial charge is 0.191 e.